The van der Waals surface area contributed by atoms with Gasteiger partial charge in [0.2, 0.25) is 0 Å². The van der Waals surface area contributed by atoms with E-state index in [1.54, 1.807) is 12.1 Å². The Balaban J connectivity index is 1.53. The van der Waals surface area contributed by atoms with Gasteiger partial charge in [0, 0.05) is 0 Å². The van der Waals surface area contributed by atoms with Crippen molar-refractivity contribution in [1.82, 2.24) is 0 Å². The fraction of sp³-hybridized carbons (Fsp3) is 0.455. The van der Waals surface area contributed by atoms with Crippen LogP contribution in [0.3, 0.4) is 0 Å². The van der Waals surface area contributed by atoms with Gasteiger partial charge in [-0.05, 0) is 85.3 Å². The van der Waals surface area contributed by atoms with Crippen LogP contribution in [0.25, 0.3) is 0 Å². The van der Waals surface area contributed by atoms with Gasteiger partial charge in [0.15, 0.2) is 0 Å². The summed E-state index contributed by atoms with van der Waals surface area (Å²) in [4.78, 5) is 0. The first-order chi connectivity index (χ1) is 11.2. The van der Waals surface area contributed by atoms with Crippen LogP contribution >= 0.6 is 0 Å². The van der Waals surface area contributed by atoms with Crippen LogP contribution in [0.4, 0.5) is 4.39 Å². The van der Waals surface area contributed by atoms with Crippen molar-refractivity contribution in [2.24, 2.45) is 5.92 Å². The highest BCUT2D eigenvalue weighted by atomic mass is 19.1. The Labute approximate surface area is 139 Å². The predicted octanol–water partition coefficient (Wildman–Crippen LogP) is 5.91. The number of rotatable bonds is 6. The minimum atomic E-state index is -0.0907. The van der Waals surface area contributed by atoms with E-state index in [9.17, 15) is 4.39 Å². The molecule has 0 radical (unpaired) electrons. The van der Waals surface area contributed by atoms with Crippen LogP contribution in [0.2, 0.25) is 0 Å². The number of fused-ring (bicyclic) bond motifs is 1. The van der Waals surface area contributed by atoms with Crippen molar-refractivity contribution in [3.63, 3.8) is 0 Å². The maximum Gasteiger partial charge on any atom is 0.123 e. The lowest BCUT2D eigenvalue weighted by Gasteiger charge is -2.24. The molecule has 23 heavy (non-hydrogen) atoms. The van der Waals surface area contributed by atoms with E-state index in [0.29, 0.717) is 5.92 Å². The van der Waals surface area contributed by atoms with Gasteiger partial charge in [0.05, 0.1) is 0 Å². The van der Waals surface area contributed by atoms with E-state index in [0.717, 1.165) is 19.3 Å². The molecule has 0 saturated carbocycles. The number of halogens is 1. The minimum Gasteiger partial charge on any atom is -0.207 e. The van der Waals surface area contributed by atoms with Crippen molar-refractivity contribution in [2.45, 2.75) is 58.3 Å². The topological polar surface area (TPSA) is 0 Å². The number of benzene rings is 2. The van der Waals surface area contributed by atoms with Crippen molar-refractivity contribution in [3.05, 3.63) is 70.5 Å². The molecule has 0 saturated heterocycles. The molecule has 122 valence electrons. The maximum absolute atomic E-state index is 13.4. The van der Waals surface area contributed by atoms with Crippen molar-refractivity contribution >= 4 is 0 Å². The highest BCUT2D eigenvalue weighted by molar-refractivity contribution is 5.30. The average Bonchev–Trinajstić information content (AvgIpc) is 2.58. The third-order valence-electron chi connectivity index (χ3n) is 5.18. The van der Waals surface area contributed by atoms with Crippen LogP contribution in [0.5, 0.6) is 0 Å². The largest absolute Gasteiger partial charge is 0.207 e. The molecule has 1 aliphatic carbocycles. The smallest absolute Gasteiger partial charge is 0.123 e. The molecule has 0 fully saturated rings. The summed E-state index contributed by atoms with van der Waals surface area (Å²) < 4.78 is 13.4. The van der Waals surface area contributed by atoms with Gasteiger partial charge < -0.3 is 0 Å². The SMILES string of the molecule is CCCCc1ccc(CCC2CCc3ccc(F)cc3C2)cc1. The molecule has 0 spiro atoms. The molecular formula is C22H27F. The Hall–Kier alpha value is -1.63. The fourth-order valence-corrected chi connectivity index (χ4v) is 3.67. The monoisotopic (exact) mass is 310 g/mol. The molecule has 1 unspecified atom stereocenters. The summed E-state index contributed by atoms with van der Waals surface area (Å²) >= 11 is 0. The molecule has 0 heterocycles. The molecule has 0 amide bonds. The van der Waals surface area contributed by atoms with Crippen molar-refractivity contribution in [2.75, 3.05) is 0 Å². The fourth-order valence-electron chi connectivity index (χ4n) is 3.67. The summed E-state index contributed by atoms with van der Waals surface area (Å²) in [5.41, 5.74) is 5.48. The molecule has 0 nitrogen and oxygen atoms in total. The van der Waals surface area contributed by atoms with E-state index < -0.39 is 0 Å². The normalized spacial score (nSPS) is 17.0. The van der Waals surface area contributed by atoms with Gasteiger partial charge in [-0.3, -0.25) is 0 Å². The van der Waals surface area contributed by atoms with Crippen LogP contribution in [-0.4, -0.2) is 0 Å². The first-order valence-electron chi connectivity index (χ1n) is 9.09. The second kappa shape index (κ2) is 7.77. The molecule has 0 N–H and O–H groups in total. The number of hydrogen-bond acceptors (Lipinski definition) is 0. The molecular weight excluding hydrogens is 283 g/mol. The van der Waals surface area contributed by atoms with E-state index >= 15 is 0 Å². The van der Waals surface area contributed by atoms with E-state index in [2.05, 4.69) is 31.2 Å². The third-order valence-corrected chi connectivity index (χ3v) is 5.18. The van der Waals surface area contributed by atoms with E-state index in [-0.39, 0.29) is 5.82 Å². The number of aryl methyl sites for hydroxylation is 3. The Morgan fingerprint density at radius 2 is 1.70 bits per heavy atom. The Morgan fingerprint density at radius 3 is 2.43 bits per heavy atom. The lowest BCUT2D eigenvalue weighted by molar-refractivity contribution is 0.425. The molecule has 0 aliphatic heterocycles. The summed E-state index contributed by atoms with van der Waals surface area (Å²) in [5.74, 6) is 0.608. The van der Waals surface area contributed by atoms with Crippen LogP contribution in [0.1, 0.15) is 54.9 Å². The third kappa shape index (κ3) is 4.43. The standard InChI is InChI=1S/C22H27F/c1-2-3-4-17-5-7-18(8-6-17)9-10-19-11-12-20-13-14-22(23)16-21(20)15-19/h5-8,13-14,16,19H,2-4,9-12,15H2,1H3. The lowest BCUT2D eigenvalue weighted by Crippen LogP contribution is -2.15. The maximum atomic E-state index is 13.4. The first-order valence-corrected chi connectivity index (χ1v) is 9.09. The van der Waals surface area contributed by atoms with E-state index in [4.69, 9.17) is 0 Å². The lowest BCUT2D eigenvalue weighted by atomic mass is 9.81. The van der Waals surface area contributed by atoms with E-state index in [1.807, 2.05) is 6.07 Å². The zero-order chi connectivity index (χ0) is 16.1. The second-order valence-electron chi connectivity index (χ2n) is 6.98. The van der Waals surface area contributed by atoms with Crippen molar-refractivity contribution < 1.29 is 4.39 Å². The molecule has 0 aromatic heterocycles. The Morgan fingerprint density at radius 1 is 0.957 bits per heavy atom. The predicted molar refractivity (Wildman–Crippen MR) is 95.3 cm³/mol. The molecule has 2 aromatic carbocycles. The van der Waals surface area contributed by atoms with Gasteiger partial charge in [-0.15, -0.1) is 0 Å². The van der Waals surface area contributed by atoms with E-state index in [1.165, 1.54) is 54.4 Å². The zero-order valence-electron chi connectivity index (χ0n) is 14.2. The molecule has 1 heteroatoms. The van der Waals surface area contributed by atoms with Crippen LogP contribution in [0.15, 0.2) is 42.5 Å². The highest BCUT2D eigenvalue weighted by Crippen LogP contribution is 2.29. The zero-order valence-corrected chi connectivity index (χ0v) is 14.2. The summed E-state index contributed by atoms with van der Waals surface area (Å²) in [6.07, 6.45) is 9.48. The van der Waals surface area contributed by atoms with Gasteiger partial charge in [0.25, 0.3) is 0 Å². The van der Waals surface area contributed by atoms with Gasteiger partial charge in [-0.1, -0.05) is 43.7 Å². The molecule has 1 aliphatic rings. The summed E-state index contributed by atoms with van der Waals surface area (Å²) in [6.45, 7) is 2.24. The highest BCUT2D eigenvalue weighted by Gasteiger charge is 2.18. The number of hydrogen-bond donors (Lipinski definition) is 0. The van der Waals surface area contributed by atoms with Gasteiger partial charge in [-0.25, -0.2) is 4.39 Å². The van der Waals surface area contributed by atoms with Crippen molar-refractivity contribution in [1.29, 1.82) is 0 Å². The van der Waals surface area contributed by atoms with Gasteiger partial charge >= 0.3 is 0 Å². The summed E-state index contributed by atoms with van der Waals surface area (Å²) in [6, 6.07) is 14.5. The van der Waals surface area contributed by atoms with Crippen LogP contribution in [-0.2, 0) is 25.7 Å². The van der Waals surface area contributed by atoms with Gasteiger partial charge in [-0.2, -0.15) is 0 Å². The Kier molecular flexibility index (Phi) is 5.48. The molecule has 1 atom stereocenters. The quantitative estimate of drug-likeness (QED) is 0.622. The molecule has 2 aromatic rings. The van der Waals surface area contributed by atoms with Crippen LogP contribution < -0.4 is 0 Å². The second-order valence-corrected chi connectivity index (χ2v) is 6.98. The summed E-state index contributed by atoms with van der Waals surface area (Å²) in [7, 11) is 0. The summed E-state index contributed by atoms with van der Waals surface area (Å²) in [5, 5.41) is 0. The van der Waals surface area contributed by atoms with Crippen molar-refractivity contribution in [3.8, 4) is 0 Å². The first kappa shape index (κ1) is 16.2. The molecule has 0 bridgehead atoms. The molecule has 3 rings (SSSR count). The minimum absolute atomic E-state index is 0.0907. The van der Waals surface area contributed by atoms with Crippen LogP contribution in [0, 0.1) is 11.7 Å². The number of unbranched alkanes of at least 4 members (excludes halogenated alkanes) is 1. The Bertz CT molecular complexity index is 627. The average molecular weight is 310 g/mol. The van der Waals surface area contributed by atoms with Gasteiger partial charge in [0.1, 0.15) is 5.82 Å².